The van der Waals surface area contributed by atoms with Crippen LogP contribution >= 0.6 is 11.8 Å². The Balaban J connectivity index is 2.51. The van der Waals surface area contributed by atoms with Crippen LogP contribution in [0.1, 0.15) is 23.9 Å². The SMILES string of the molecule is CCN1C(=O)C(CC(=O)O)=C(C(=O)c2ccco2)[C@H]1SC. The van der Waals surface area contributed by atoms with Crippen LogP contribution in [-0.2, 0) is 9.59 Å². The van der Waals surface area contributed by atoms with Gasteiger partial charge in [0.2, 0.25) is 5.78 Å². The van der Waals surface area contributed by atoms with Gasteiger partial charge in [-0.25, -0.2) is 0 Å². The fourth-order valence-electron chi connectivity index (χ4n) is 2.37. The molecule has 1 atom stereocenters. The predicted octanol–water partition coefficient (Wildman–Crippen LogP) is 1.78. The third kappa shape index (κ3) is 2.73. The number of hydrogen-bond acceptors (Lipinski definition) is 5. The zero-order valence-corrected chi connectivity index (χ0v) is 12.5. The average Bonchev–Trinajstić information content (AvgIpc) is 3.05. The van der Waals surface area contributed by atoms with Crippen molar-refractivity contribution in [1.29, 1.82) is 0 Å². The second kappa shape index (κ2) is 6.17. The first-order chi connectivity index (χ1) is 10.0. The van der Waals surface area contributed by atoms with E-state index in [-0.39, 0.29) is 16.9 Å². The highest BCUT2D eigenvalue weighted by Gasteiger charge is 2.42. The molecule has 112 valence electrons. The van der Waals surface area contributed by atoms with Crippen molar-refractivity contribution in [2.75, 3.05) is 12.8 Å². The average molecular weight is 309 g/mol. The lowest BCUT2D eigenvalue weighted by atomic mass is 10.0. The number of carbonyl (C=O) groups is 3. The van der Waals surface area contributed by atoms with E-state index in [1.54, 1.807) is 19.2 Å². The van der Waals surface area contributed by atoms with E-state index in [2.05, 4.69) is 0 Å². The number of likely N-dealkylation sites (N-methyl/N-ethyl adjacent to an activating group) is 1. The maximum Gasteiger partial charge on any atom is 0.308 e. The molecule has 1 aliphatic rings. The molecule has 0 saturated carbocycles. The lowest BCUT2D eigenvalue weighted by Gasteiger charge is -2.23. The molecule has 0 saturated heterocycles. The predicted molar refractivity (Wildman–Crippen MR) is 77.0 cm³/mol. The van der Waals surface area contributed by atoms with Crippen molar-refractivity contribution >= 4 is 29.4 Å². The Morgan fingerprint density at radius 2 is 2.19 bits per heavy atom. The van der Waals surface area contributed by atoms with Crippen molar-refractivity contribution in [2.45, 2.75) is 18.7 Å². The van der Waals surface area contributed by atoms with Gasteiger partial charge < -0.3 is 14.4 Å². The third-order valence-corrected chi connectivity index (χ3v) is 4.19. The number of Topliss-reactive ketones (excluding diaryl/α,β-unsaturated/α-hetero) is 1. The summed E-state index contributed by atoms with van der Waals surface area (Å²) in [5.74, 6) is -1.85. The summed E-state index contributed by atoms with van der Waals surface area (Å²) in [6.45, 7) is 2.20. The Hall–Kier alpha value is -2.02. The molecular weight excluding hydrogens is 294 g/mol. The monoisotopic (exact) mass is 309 g/mol. The number of aliphatic carboxylic acids is 1. The molecule has 1 aliphatic heterocycles. The molecule has 0 spiro atoms. The van der Waals surface area contributed by atoms with Gasteiger partial charge >= 0.3 is 5.97 Å². The van der Waals surface area contributed by atoms with E-state index in [1.165, 1.54) is 29.0 Å². The molecule has 6 nitrogen and oxygen atoms in total. The first kappa shape index (κ1) is 15.4. The van der Waals surface area contributed by atoms with Crippen LogP contribution in [0.4, 0.5) is 0 Å². The molecule has 2 rings (SSSR count). The van der Waals surface area contributed by atoms with Crippen LogP contribution in [-0.4, -0.2) is 45.8 Å². The normalized spacial score (nSPS) is 18.5. The highest BCUT2D eigenvalue weighted by molar-refractivity contribution is 7.99. The Kier molecular flexibility index (Phi) is 4.52. The van der Waals surface area contributed by atoms with Crippen molar-refractivity contribution in [2.24, 2.45) is 0 Å². The molecule has 1 N–H and O–H groups in total. The van der Waals surface area contributed by atoms with Crippen LogP contribution < -0.4 is 0 Å². The third-order valence-electron chi connectivity index (χ3n) is 3.26. The quantitative estimate of drug-likeness (QED) is 0.806. The topological polar surface area (TPSA) is 87.8 Å². The van der Waals surface area contributed by atoms with E-state index >= 15 is 0 Å². The van der Waals surface area contributed by atoms with E-state index in [1.807, 2.05) is 0 Å². The number of rotatable bonds is 6. The molecule has 0 unspecified atom stereocenters. The standard InChI is InChI=1S/C14H15NO5S/c1-3-15-13(19)8(7-10(16)17)11(14(15)21-2)12(18)9-5-4-6-20-9/h4-6,14H,3,7H2,1-2H3,(H,16,17)/t14-/m1/s1. The number of amides is 1. The molecule has 0 radical (unpaired) electrons. The molecule has 0 bridgehead atoms. The van der Waals surface area contributed by atoms with Crippen LogP contribution in [0.3, 0.4) is 0 Å². The van der Waals surface area contributed by atoms with Crippen LogP contribution in [0.5, 0.6) is 0 Å². The van der Waals surface area contributed by atoms with E-state index < -0.39 is 29.5 Å². The zero-order chi connectivity index (χ0) is 15.6. The van der Waals surface area contributed by atoms with Gasteiger partial charge in [0.1, 0.15) is 5.37 Å². The lowest BCUT2D eigenvalue weighted by Crippen LogP contribution is -2.34. The Morgan fingerprint density at radius 1 is 1.48 bits per heavy atom. The Morgan fingerprint density at radius 3 is 2.67 bits per heavy atom. The molecule has 0 aliphatic carbocycles. The molecule has 0 fully saturated rings. The Bertz CT molecular complexity index is 605. The zero-order valence-electron chi connectivity index (χ0n) is 11.7. The number of nitrogens with zero attached hydrogens (tertiary/aromatic N) is 1. The van der Waals surface area contributed by atoms with Crippen LogP contribution in [0.2, 0.25) is 0 Å². The van der Waals surface area contributed by atoms with Crippen molar-refractivity contribution in [3.63, 3.8) is 0 Å². The number of ketones is 1. The lowest BCUT2D eigenvalue weighted by molar-refractivity contribution is -0.137. The molecule has 2 heterocycles. The number of furan rings is 1. The molecule has 7 heteroatoms. The van der Waals surface area contributed by atoms with Gasteiger partial charge in [-0.1, -0.05) is 0 Å². The summed E-state index contributed by atoms with van der Waals surface area (Å²) in [5.41, 5.74) is 0.261. The van der Waals surface area contributed by atoms with Crippen LogP contribution in [0, 0.1) is 0 Å². The summed E-state index contributed by atoms with van der Waals surface area (Å²) in [6, 6.07) is 3.08. The number of carboxylic acids is 1. The van der Waals surface area contributed by atoms with E-state index in [4.69, 9.17) is 9.52 Å². The van der Waals surface area contributed by atoms with Crippen molar-refractivity contribution in [3.05, 3.63) is 35.3 Å². The molecule has 1 amide bonds. The second-order valence-corrected chi connectivity index (χ2v) is 5.37. The summed E-state index contributed by atoms with van der Waals surface area (Å²) in [7, 11) is 0. The van der Waals surface area contributed by atoms with Gasteiger partial charge in [-0.3, -0.25) is 14.4 Å². The smallest absolute Gasteiger partial charge is 0.308 e. The summed E-state index contributed by atoms with van der Waals surface area (Å²) in [4.78, 5) is 37.4. The molecule has 1 aromatic rings. The van der Waals surface area contributed by atoms with E-state index in [0.717, 1.165) is 0 Å². The second-order valence-electron chi connectivity index (χ2n) is 4.45. The first-order valence-corrected chi connectivity index (χ1v) is 7.66. The van der Waals surface area contributed by atoms with Crippen molar-refractivity contribution in [3.8, 4) is 0 Å². The minimum absolute atomic E-state index is 0.0464. The van der Waals surface area contributed by atoms with Crippen molar-refractivity contribution in [1.82, 2.24) is 4.90 Å². The summed E-state index contributed by atoms with van der Waals surface area (Å²) >= 11 is 1.33. The maximum atomic E-state index is 12.5. The van der Waals surface area contributed by atoms with Gasteiger partial charge in [-0.15, -0.1) is 11.8 Å². The van der Waals surface area contributed by atoms with Crippen LogP contribution in [0.15, 0.2) is 34.0 Å². The largest absolute Gasteiger partial charge is 0.481 e. The fraction of sp³-hybridized carbons (Fsp3) is 0.357. The number of carboxylic acid groups (broad SMARTS) is 1. The van der Waals surface area contributed by atoms with Gasteiger partial charge in [-0.05, 0) is 25.3 Å². The molecule has 21 heavy (non-hydrogen) atoms. The summed E-state index contributed by atoms with van der Waals surface area (Å²) in [6.07, 6.45) is 2.68. The van der Waals surface area contributed by atoms with Gasteiger partial charge in [0.05, 0.1) is 12.7 Å². The fourth-order valence-corrected chi connectivity index (χ4v) is 3.35. The maximum absolute atomic E-state index is 12.5. The highest BCUT2D eigenvalue weighted by Crippen LogP contribution is 2.35. The Labute approximate surface area is 125 Å². The van der Waals surface area contributed by atoms with E-state index in [9.17, 15) is 14.4 Å². The number of carbonyl (C=O) groups excluding carboxylic acids is 2. The summed E-state index contributed by atoms with van der Waals surface area (Å²) < 4.78 is 5.09. The van der Waals surface area contributed by atoms with Gasteiger partial charge in [-0.2, -0.15) is 0 Å². The van der Waals surface area contributed by atoms with Crippen molar-refractivity contribution < 1.29 is 23.9 Å². The molecule has 1 aromatic heterocycles. The van der Waals surface area contributed by atoms with Crippen LogP contribution in [0.25, 0.3) is 0 Å². The number of thioether (sulfide) groups is 1. The minimum Gasteiger partial charge on any atom is -0.481 e. The molecular formula is C14H15NO5S. The van der Waals surface area contributed by atoms with E-state index in [0.29, 0.717) is 6.54 Å². The highest BCUT2D eigenvalue weighted by atomic mass is 32.2. The van der Waals surface area contributed by atoms with Gasteiger partial charge in [0.25, 0.3) is 5.91 Å². The first-order valence-electron chi connectivity index (χ1n) is 6.38. The van der Waals surface area contributed by atoms with Gasteiger partial charge in [0.15, 0.2) is 5.76 Å². The minimum atomic E-state index is -1.14. The molecule has 0 aromatic carbocycles. The van der Waals surface area contributed by atoms with Gasteiger partial charge in [0, 0.05) is 17.7 Å². The number of hydrogen-bond donors (Lipinski definition) is 1. The summed E-state index contributed by atoms with van der Waals surface area (Å²) in [5, 5.41) is 8.52.